The highest BCUT2D eigenvalue weighted by Gasteiger charge is 2.48. The van der Waals surface area contributed by atoms with Gasteiger partial charge in [0.2, 0.25) is 27.7 Å². The maximum absolute atomic E-state index is 14.0. The van der Waals surface area contributed by atoms with Crippen LogP contribution in [-0.4, -0.2) is 78.2 Å². The van der Waals surface area contributed by atoms with E-state index in [1.165, 1.54) is 10.5 Å². The molecule has 4 heterocycles. The molecule has 0 spiro atoms. The van der Waals surface area contributed by atoms with Gasteiger partial charge in [0, 0.05) is 47.8 Å². The highest BCUT2D eigenvalue weighted by Crippen LogP contribution is 2.49. The molecule has 13 nitrogen and oxygen atoms in total. The molecular formula is C51H53N5O8S. The number of aliphatic hydroxyl groups excluding tert-OH is 1. The predicted molar refractivity (Wildman–Crippen MR) is 247 cm³/mol. The molecule has 336 valence electrons. The van der Waals surface area contributed by atoms with Gasteiger partial charge in [-0.1, -0.05) is 66.2 Å². The van der Waals surface area contributed by atoms with E-state index in [0.29, 0.717) is 55.8 Å². The number of benzene rings is 5. The Morgan fingerprint density at radius 3 is 2.35 bits per heavy atom. The number of ether oxygens (including phenoxy) is 1. The minimum atomic E-state index is -3.80. The Kier molecular flexibility index (Phi) is 12.6. The number of anilines is 2. The van der Waals surface area contributed by atoms with Crippen LogP contribution in [0.15, 0.2) is 114 Å². The highest BCUT2D eigenvalue weighted by atomic mass is 32.2. The summed E-state index contributed by atoms with van der Waals surface area (Å²) < 4.78 is 35.8. The largest absolute Gasteiger partial charge is 0.493 e. The van der Waals surface area contributed by atoms with Gasteiger partial charge in [-0.25, -0.2) is 8.42 Å². The monoisotopic (exact) mass is 895 g/mol. The number of carbonyl (C=O) groups excluding carboxylic acids is 4. The number of hydrogen-bond donors (Lipinski definition) is 4. The van der Waals surface area contributed by atoms with Crippen molar-refractivity contribution in [1.82, 2.24) is 14.5 Å². The van der Waals surface area contributed by atoms with E-state index in [1.807, 2.05) is 67.6 Å². The van der Waals surface area contributed by atoms with E-state index >= 15 is 0 Å². The summed E-state index contributed by atoms with van der Waals surface area (Å²) in [6, 6.07) is 33.0. The summed E-state index contributed by atoms with van der Waals surface area (Å²) in [6.45, 7) is 2.91. The van der Waals surface area contributed by atoms with Crippen molar-refractivity contribution in [1.29, 1.82) is 0 Å². The van der Waals surface area contributed by atoms with Crippen LogP contribution < -0.4 is 20.7 Å². The van der Waals surface area contributed by atoms with E-state index in [1.54, 1.807) is 28.6 Å². The molecule has 1 unspecified atom stereocenters. The number of aliphatic hydroxyl groups is 1. The molecule has 4 aliphatic rings. The third-order valence-corrected chi connectivity index (χ3v) is 15.1. The Hall–Kier alpha value is -6.35. The minimum Gasteiger partial charge on any atom is -0.493 e. The lowest BCUT2D eigenvalue weighted by Crippen LogP contribution is -2.52. The fourth-order valence-electron chi connectivity index (χ4n) is 9.79. The highest BCUT2D eigenvalue weighted by molar-refractivity contribution is 7.89. The molecule has 4 aliphatic heterocycles. The lowest BCUT2D eigenvalue weighted by molar-refractivity contribution is -0.137. The molecule has 5 aromatic carbocycles. The summed E-state index contributed by atoms with van der Waals surface area (Å²) in [6.07, 6.45) is 4.51. The van der Waals surface area contributed by atoms with E-state index < -0.39 is 28.0 Å². The van der Waals surface area contributed by atoms with Crippen LogP contribution in [0.4, 0.5) is 11.4 Å². The average Bonchev–Trinajstić information content (AvgIpc) is 3.91. The second kappa shape index (κ2) is 18.6. The Morgan fingerprint density at radius 1 is 0.862 bits per heavy atom. The number of carbonyl (C=O) groups is 4. The average molecular weight is 896 g/mol. The molecule has 9 rings (SSSR count). The van der Waals surface area contributed by atoms with E-state index in [0.717, 1.165) is 58.3 Å². The van der Waals surface area contributed by atoms with Gasteiger partial charge < -0.3 is 25.4 Å². The molecule has 4 atom stereocenters. The van der Waals surface area contributed by atoms with Crippen molar-refractivity contribution in [2.45, 2.75) is 87.9 Å². The Balaban J connectivity index is 0.758. The molecule has 65 heavy (non-hydrogen) atoms. The number of amides is 4. The first-order chi connectivity index (χ1) is 31.5. The van der Waals surface area contributed by atoms with Crippen molar-refractivity contribution < 1.29 is 37.4 Å². The van der Waals surface area contributed by atoms with Crippen LogP contribution in [0, 0.1) is 12.8 Å². The van der Waals surface area contributed by atoms with Gasteiger partial charge >= 0.3 is 0 Å². The second-order valence-corrected chi connectivity index (χ2v) is 19.4. The van der Waals surface area contributed by atoms with Crippen LogP contribution in [0.3, 0.4) is 0 Å². The number of rotatable bonds is 15. The van der Waals surface area contributed by atoms with E-state index in [4.69, 9.17) is 4.74 Å². The zero-order chi connectivity index (χ0) is 45.2. The van der Waals surface area contributed by atoms with Gasteiger partial charge in [-0.05, 0) is 122 Å². The number of sulfonamides is 1. The Morgan fingerprint density at radius 2 is 1.60 bits per heavy atom. The van der Waals surface area contributed by atoms with Gasteiger partial charge in [-0.3, -0.25) is 24.5 Å². The maximum atomic E-state index is 14.0. The third kappa shape index (κ3) is 9.15. The number of nitrogens with one attached hydrogen (secondary N) is 3. The first-order valence-electron chi connectivity index (χ1n) is 22.4. The van der Waals surface area contributed by atoms with Crippen LogP contribution in [0.5, 0.6) is 5.75 Å². The zero-order valence-electron chi connectivity index (χ0n) is 36.3. The van der Waals surface area contributed by atoms with E-state index in [2.05, 4.69) is 40.2 Å². The molecule has 2 saturated heterocycles. The van der Waals surface area contributed by atoms with Gasteiger partial charge in [0.05, 0.1) is 36.7 Å². The molecule has 0 bridgehead atoms. The standard InChI is InChI=1S/C51H53N5O8S/c1-32-13-20-38(21-14-32)65(62,63)56-26-25-40-44(31-57)53-43-22-19-36(29-41(43)49(40)56)35-8-3-9-37(28-35)52-47(58)12-2-6-33-15-17-34(18-16-33)7-5-27-64-46-11-4-10-39-42(46)30-55(51(39)61)45-23-24-48(59)54-50(45)60/h3-4,8-11,13-22,28-29,40,44-45,49,53,57H,2,5-7,12,23-27,30-31H2,1H3,(H,52,58)(H,54,59,60)/t40-,44+,45?,49-/m1/s1. The van der Waals surface area contributed by atoms with Gasteiger partial charge in [0.1, 0.15) is 11.8 Å². The molecule has 5 aromatic rings. The van der Waals surface area contributed by atoms with Gasteiger partial charge in [-0.2, -0.15) is 4.31 Å². The number of hydrogen-bond acceptors (Lipinski definition) is 9. The summed E-state index contributed by atoms with van der Waals surface area (Å²) in [7, 11) is -3.80. The first kappa shape index (κ1) is 43.9. The van der Waals surface area contributed by atoms with Crippen molar-refractivity contribution >= 4 is 45.0 Å². The number of fused-ring (bicyclic) bond motifs is 4. The SMILES string of the molecule is Cc1ccc(S(=O)(=O)N2CC[C@@H]3[C@H](CO)Nc4ccc(-c5cccc(NC(=O)CCCc6ccc(CCCOc7cccc8c7CN(C7CCC(=O)NC7=O)C8=O)cc6)c5)cc4[C@@H]32)cc1. The summed E-state index contributed by atoms with van der Waals surface area (Å²) in [5.41, 5.74) is 8.74. The van der Waals surface area contributed by atoms with Crippen molar-refractivity contribution in [2.24, 2.45) is 5.92 Å². The first-order valence-corrected chi connectivity index (χ1v) is 23.9. The molecule has 4 amide bonds. The van der Waals surface area contributed by atoms with Crippen LogP contribution in [-0.2, 0) is 43.8 Å². The Bertz CT molecular complexity index is 2740. The summed E-state index contributed by atoms with van der Waals surface area (Å²) in [5, 5.41) is 19.2. The van der Waals surface area contributed by atoms with Crippen molar-refractivity contribution in [3.05, 3.63) is 143 Å². The topological polar surface area (TPSA) is 174 Å². The molecule has 0 aromatic heterocycles. The Labute approximate surface area is 379 Å². The molecule has 4 N–H and O–H groups in total. The molecule has 0 radical (unpaired) electrons. The number of nitrogens with zero attached hydrogens (tertiary/aromatic N) is 2. The van der Waals surface area contributed by atoms with Crippen molar-refractivity contribution in [2.75, 3.05) is 30.4 Å². The summed E-state index contributed by atoms with van der Waals surface area (Å²) in [4.78, 5) is 52.1. The van der Waals surface area contributed by atoms with Crippen LogP contribution in [0.2, 0.25) is 0 Å². The fourth-order valence-corrected chi connectivity index (χ4v) is 11.5. The minimum absolute atomic E-state index is 0.0775. The normalized spacial score (nSPS) is 20.4. The number of aryl methyl sites for hydroxylation is 3. The van der Waals surface area contributed by atoms with Crippen molar-refractivity contribution in [3.8, 4) is 16.9 Å². The van der Waals surface area contributed by atoms with E-state index in [9.17, 15) is 32.7 Å². The smallest absolute Gasteiger partial charge is 0.255 e. The quantitative estimate of drug-likeness (QED) is 0.0642. The lowest BCUT2D eigenvalue weighted by atomic mass is 9.82. The zero-order valence-corrected chi connectivity index (χ0v) is 37.1. The molecule has 0 saturated carbocycles. The van der Waals surface area contributed by atoms with Gasteiger partial charge in [0.15, 0.2) is 0 Å². The maximum Gasteiger partial charge on any atom is 0.255 e. The molecular weight excluding hydrogens is 843 g/mol. The summed E-state index contributed by atoms with van der Waals surface area (Å²) in [5.74, 6) is -0.518. The van der Waals surface area contributed by atoms with Crippen molar-refractivity contribution in [3.63, 3.8) is 0 Å². The third-order valence-electron chi connectivity index (χ3n) is 13.2. The number of imide groups is 1. The molecule has 14 heteroatoms. The van der Waals surface area contributed by atoms with Crippen LogP contribution in [0.25, 0.3) is 11.1 Å². The van der Waals surface area contributed by atoms with Gasteiger partial charge in [-0.15, -0.1) is 0 Å². The van der Waals surface area contributed by atoms with Crippen LogP contribution >= 0.6 is 0 Å². The predicted octanol–water partition coefficient (Wildman–Crippen LogP) is 6.93. The van der Waals surface area contributed by atoms with Crippen LogP contribution in [0.1, 0.15) is 82.7 Å². The number of piperidine rings is 1. The fraction of sp³-hybridized carbons (Fsp3) is 0.333. The molecule has 0 aliphatic carbocycles. The second-order valence-electron chi connectivity index (χ2n) is 17.5. The van der Waals surface area contributed by atoms with E-state index in [-0.39, 0.29) is 54.1 Å². The molecule has 2 fully saturated rings. The summed E-state index contributed by atoms with van der Waals surface area (Å²) >= 11 is 0. The lowest BCUT2D eigenvalue weighted by Gasteiger charge is -2.39. The van der Waals surface area contributed by atoms with Gasteiger partial charge in [0.25, 0.3) is 5.91 Å².